The number of rotatable bonds is 6. The van der Waals surface area contributed by atoms with Crippen LogP contribution in [-0.4, -0.2) is 58.1 Å². The molecule has 1 aliphatic rings. The highest BCUT2D eigenvalue weighted by Crippen LogP contribution is 2.17. The Morgan fingerprint density at radius 2 is 1.68 bits per heavy atom. The third kappa shape index (κ3) is 4.71. The van der Waals surface area contributed by atoms with E-state index in [9.17, 15) is 9.90 Å². The summed E-state index contributed by atoms with van der Waals surface area (Å²) in [6.45, 7) is 5.79. The highest BCUT2D eigenvalue weighted by atomic mass is 16.3. The van der Waals surface area contributed by atoms with E-state index in [1.807, 2.05) is 59.8 Å². The van der Waals surface area contributed by atoms with Gasteiger partial charge in [-0.1, -0.05) is 30.3 Å². The number of aromatic nitrogens is 1. The van der Waals surface area contributed by atoms with E-state index < -0.39 is 6.10 Å². The van der Waals surface area contributed by atoms with Crippen molar-refractivity contribution in [1.29, 1.82) is 0 Å². The van der Waals surface area contributed by atoms with Crippen molar-refractivity contribution in [3.05, 3.63) is 60.4 Å². The summed E-state index contributed by atoms with van der Waals surface area (Å²) >= 11 is 0. The number of nitrogens with zero attached hydrogens (tertiary/aromatic N) is 3. The molecule has 1 aromatic heterocycles. The maximum Gasteiger partial charge on any atom is 0.224 e. The van der Waals surface area contributed by atoms with Gasteiger partial charge in [0.25, 0.3) is 0 Å². The molecule has 1 fully saturated rings. The molecule has 2 aromatic rings. The molecule has 1 amide bonds. The van der Waals surface area contributed by atoms with Crippen molar-refractivity contribution in [2.24, 2.45) is 0 Å². The number of hydrogen-bond donors (Lipinski definition) is 1. The smallest absolute Gasteiger partial charge is 0.224 e. The Morgan fingerprint density at radius 3 is 2.32 bits per heavy atom. The summed E-state index contributed by atoms with van der Waals surface area (Å²) < 4.78 is 2.07. The van der Waals surface area contributed by atoms with E-state index >= 15 is 0 Å². The average molecular weight is 341 g/mol. The Kier molecular flexibility index (Phi) is 5.89. The van der Waals surface area contributed by atoms with Gasteiger partial charge in [-0.15, -0.1) is 0 Å². The molecular formula is C20H27N3O2. The molecule has 3 rings (SSSR count). The van der Waals surface area contributed by atoms with Crippen LogP contribution in [0.25, 0.3) is 0 Å². The Labute approximate surface area is 149 Å². The van der Waals surface area contributed by atoms with Crippen LogP contribution in [0.3, 0.4) is 0 Å². The minimum atomic E-state index is -0.475. The van der Waals surface area contributed by atoms with Crippen LogP contribution in [0.4, 0.5) is 0 Å². The van der Waals surface area contributed by atoms with Crippen LogP contribution in [0, 0.1) is 0 Å². The molecule has 1 aliphatic heterocycles. The predicted molar refractivity (Wildman–Crippen MR) is 98.2 cm³/mol. The van der Waals surface area contributed by atoms with Crippen LogP contribution in [0.5, 0.6) is 0 Å². The van der Waals surface area contributed by atoms with Gasteiger partial charge in [0.05, 0.1) is 6.10 Å². The van der Waals surface area contributed by atoms with Crippen LogP contribution in [0.1, 0.15) is 31.1 Å². The molecule has 2 atom stereocenters. The van der Waals surface area contributed by atoms with Gasteiger partial charge < -0.3 is 14.6 Å². The van der Waals surface area contributed by atoms with Gasteiger partial charge in [-0.25, -0.2) is 0 Å². The zero-order valence-corrected chi connectivity index (χ0v) is 14.8. The molecule has 0 unspecified atom stereocenters. The second-order valence-corrected chi connectivity index (χ2v) is 6.79. The second kappa shape index (κ2) is 8.32. The van der Waals surface area contributed by atoms with E-state index in [0.717, 1.165) is 31.7 Å². The maximum absolute atomic E-state index is 12.5. The van der Waals surface area contributed by atoms with Crippen molar-refractivity contribution in [2.75, 3.05) is 32.7 Å². The third-order valence-electron chi connectivity index (χ3n) is 4.95. The van der Waals surface area contributed by atoms with Crippen molar-refractivity contribution >= 4 is 5.91 Å². The minimum Gasteiger partial charge on any atom is -0.387 e. The fourth-order valence-electron chi connectivity index (χ4n) is 3.33. The van der Waals surface area contributed by atoms with Crippen molar-refractivity contribution in [3.63, 3.8) is 0 Å². The number of carbonyl (C=O) groups excluding carboxylic acids is 1. The first-order valence-corrected chi connectivity index (χ1v) is 8.99. The molecular weight excluding hydrogens is 314 g/mol. The van der Waals surface area contributed by atoms with Gasteiger partial charge in [-0.2, -0.15) is 0 Å². The lowest BCUT2D eigenvalue weighted by Gasteiger charge is -2.36. The van der Waals surface area contributed by atoms with Gasteiger partial charge >= 0.3 is 0 Å². The molecule has 1 aromatic carbocycles. The monoisotopic (exact) mass is 341 g/mol. The summed E-state index contributed by atoms with van der Waals surface area (Å²) in [6, 6.07) is 13.9. The Bertz CT molecular complexity index is 649. The zero-order chi connectivity index (χ0) is 17.6. The highest BCUT2D eigenvalue weighted by Gasteiger charge is 2.24. The normalized spacial score (nSPS) is 18.1. The van der Waals surface area contributed by atoms with Crippen LogP contribution in [-0.2, 0) is 4.79 Å². The summed E-state index contributed by atoms with van der Waals surface area (Å²) in [5, 5.41) is 10.3. The summed E-state index contributed by atoms with van der Waals surface area (Å²) in [6.07, 6.45) is 4.06. The SMILES string of the molecule is C[C@@H](CC(=O)N1CCN(C[C@H](O)c2ccccc2)CC1)n1cccc1. The number of piperazine rings is 1. The third-order valence-corrected chi connectivity index (χ3v) is 4.95. The van der Waals surface area contributed by atoms with Crippen molar-refractivity contribution in [2.45, 2.75) is 25.5 Å². The topological polar surface area (TPSA) is 48.7 Å². The first-order valence-electron chi connectivity index (χ1n) is 8.99. The highest BCUT2D eigenvalue weighted by molar-refractivity contribution is 5.76. The Balaban J connectivity index is 1.44. The number of amides is 1. The minimum absolute atomic E-state index is 0.181. The number of β-amino-alcohol motifs (C(OH)–C–C–N with tert-alkyl or cyclic N) is 1. The quantitative estimate of drug-likeness (QED) is 0.877. The van der Waals surface area contributed by atoms with Crippen LogP contribution >= 0.6 is 0 Å². The summed E-state index contributed by atoms with van der Waals surface area (Å²) in [5.74, 6) is 0.212. The molecule has 0 radical (unpaired) electrons. The molecule has 5 nitrogen and oxygen atoms in total. The van der Waals surface area contributed by atoms with Gasteiger partial charge in [-0.05, 0) is 24.6 Å². The number of aliphatic hydroxyl groups is 1. The van der Waals surface area contributed by atoms with Crippen LogP contribution < -0.4 is 0 Å². The van der Waals surface area contributed by atoms with E-state index in [1.54, 1.807) is 0 Å². The Morgan fingerprint density at radius 1 is 1.04 bits per heavy atom. The number of aliphatic hydroxyl groups excluding tert-OH is 1. The molecule has 1 N–H and O–H groups in total. The predicted octanol–water partition coefficient (Wildman–Crippen LogP) is 2.32. The molecule has 134 valence electrons. The van der Waals surface area contributed by atoms with E-state index in [0.29, 0.717) is 13.0 Å². The zero-order valence-electron chi connectivity index (χ0n) is 14.8. The summed E-state index contributed by atoms with van der Waals surface area (Å²) in [7, 11) is 0. The van der Waals surface area contributed by atoms with Crippen molar-refractivity contribution < 1.29 is 9.90 Å². The van der Waals surface area contributed by atoms with Gasteiger partial charge in [-0.3, -0.25) is 9.69 Å². The van der Waals surface area contributed by atoms with E-state index in [1.165, 1.54) is 0 Å². The van der Waals surface area contributed by atoms with Gasteiger partial charge in [0, 0.05) is 57.6 Å². The van der Waals surface area contributed by atoms with E-state index in [4.69, 9.17) is 0 Å². The molecule has 1 saturated heterocycles. The second-order valence-electron chi connectivity index (χ2n) is 6.79. The number of carbonyl (C=O) groups is 1. The van der Waals surface area contributed by atoms with Crippen LogP contribution in [0.15, 0.2) is 54.9 Å². The lowest BCUT2D eigenvalue weighted by molar-refractivity contribution is -0.133. The lowest BCUT2D eigenvalue weighted by Crippen LogP contribution is -2.49. The van der Waals surface area contributed by atoms with Crippen molar-refractivity contribution in [1.82, 2.24) is 14.4 Å². The Hall–Kier alpha value is -2.11. The van der Waals surface area contributed by atoms with Gasteiger partial charge in [0.1, 0.15) is 0 Å². The maximum atomic E-state index is 12.5. The molecule has 25 heavy (non-hydrogen) atoms. The van der Waals surface area contributed by atoms with E-state index in [-0.39, 0.29) is 11.9 Å². The molecule has 0 aliphatic carbocycles. The van der Waals surface area contributed by atoms with Crippen LogP contribution in [0.2, 0.25) is 0 Å². The largest absolute Gasteiger partial charge is 0.387 e. The lowest BCUT2D eigenvalue weighted by atomic mass is 10.1. The van der Waals surface area contributed by atoms with Gasteiger partial charge in [0.2, 0.25) is 5.91 Å². The number of benzene rings is 1. The standard InChI is InChI=1S/C20H27N3O2/c1-17(22-9-5-6-10-22)15-20(25)23-13-11-21(12-14-23)16-19(24)18-7-3-2-4-8-18/h2-10,17,19,24H,11-16H2,1H3/t17-,19-/m0/s1. The van der Waals surface area contributed by atoms with E-state index in [2.05, 4.69) is 16.4 Å². The fourth-order valence-corrected chi connectivity index (χ4v) is 3.33. The number of hydrogen-bond acceptors (Lipinski definition) is 3. The first-order chi connectivity index (χ1) is 12.1. The van der Waals surface area contributed by atoms with Crippen molar-refractivity contribution in [3.8, 4) is 0 Å². The molecule has 5 heteroatoms. The fraction of sp³-hybridized carbons (Fsp3) is 0.450. The average Bonchev–Trinajstić information content (AvgIpc) is 3.18. The summed E-state index contributed by atoms with van der Waals surface area (Å²) in [4.78, 5) is 16.7. The van der Waals surface area contributed by atoms with Gasteiger partial charge in [0.15, 0.2) is 0 Å². The first kappa shape index (κ1) is 17.7. The molecule has 2 heterocycles. The molecule has 0 saturated carbocycles. The molecule has 0 spiro atoms. The molecule has 0 bridgehead atoms. The summed E-state index contributed by atoms with van der Waals surface area (Å²) in [5.41, 5.74) is 0.946.